The fourth-order valence-electron chi connectivity index (χ4n) is 4.22. The van der Waals surface area contributed by atoms with Crippen molar-refractivity contribution in [1.82, 2.24) is 24.4 Å². The quantitative estimate of drug-likeness (QED) is 0.744. The van der Waals surface area contributed by atoms with Gasteiger partial charge in [0.2, 0.25) is 5.91 Å². The molecule has 27 heavy (non-hydrogen) atoms. The van der Waals surface area contributed by atoms with Crippen LogP contribution in [-0.4, -0.2) is 49.6 Å². The van der Waals surface area contributed by atoms with E-state index in [9.17, 15) is 18.0 Å². The van der Waals surface area contributed by atoms with Gasteiger partial charge in [0.05, 0.1) is 24.1 Å². The normalized spacial score (nSPS) is 22.5. The number of likely N-dealkylation sites (tertiary alicyclic amines) is 1. The van der Waals surface area contributed by atoms with Gasteiger partial charge < -0.3 is 14.5 Å². The standard InChI is InChI=1S/C18H18F3N5O/c19-18(20,21)17(4-5-17)16(27)25-7-1-2-11(9-25)26-10-24-13-8-23-15-12(14(13)26)3-6-22-15/h3,6,8,10-11H,1-2,4-5,7,9H2,(H,22,23)/t11-/m1/s1. The monoisotopic (exact) mass is 377 g/mol. The van der Waals surface area contributed by atoms with Crippen molar-refractivity contribution in [2.24, 2.45) is 5.41 Å². The second-order valence-electron chi connectivity index (χ2n) is 7.51. The molecule has 0 unspecified atom stereocenters. The number of amides is 1. The summed E-state index contributed by atoms with van der Waals surface area (Å²) in [5.74, 6) is -0.766. The van der Waals surface area contributed by atoms with Crippen LogP contribution in [0.2, 0.25) is 0 Å². The number of aromatic nitrogens is 4. The van der Waals surface area contributed by atoms with Crippen molar-refractivity contribution in [3.63, 3.8) is 0 Å². The number of rotatable bonds is 2. The molecule has 0 aromatic carbocycles. The largest absolute Gasteiger partial charge is 0.403 e. The molecule has 0 bridgehead atoms. The molecule has 2 fully saturated rings. The summed E-state index contributed by atoms with van der Waals surface area (Å²) in [7, 11) is 0. The summed E-state index contributed by atoms with van der Waals surface area (Å²) in [6, 6.07) is 1.81. The first-order chi connectivity index (χ1) is 12.9. The minimum absolute atomic E-state index is 0.0971. The fourth-order valence-corrected chi connectivity index (χ4v) is 4.22. The lowest BCUT2D eigenvalue weighted by Crippen LogP contribution is -2.48. The van der Waals surface area contributed by atoms with E-state index in [-0.39, 0.29) is 25.4 Å². The SMILES string of the molecule is O=C(N1CCC[C@@H](n2cnc3cnc4[nH]ccc4c32)C1)C1(C(F)(F)F)CC1. The van der Waals surface area contributed by atoms with E-state index in [1.54, 1.807) is 18.7 Å². The van der Waals surface area contributed by atoms with E-state index in [4.69, 9.17) is 0 Å². The zero-order valence-corrected chi connectivity index (χ0v) is 14.5. The Balaban J connectivity index is 1.48. The van der Waals surface area contributed by atoms with Crippen molar-refractivity contribution in [1.29, 1.82) is 0 Å². The molecular weight excluding hydrogens is 359 g/mol. The number of carbonyl (C=O) groups excluding carboxylic acids is 1. The molecule has 5 rings (SSSR count). The van der Waals surface area contributed by atoms with Gasteiger partial charge in [0, 0.05) is 24.7 Å². The molecule has 3 aromatic rings. The van der Waals surface area contributed by atoms with E-state index >= 15 is 0 Å². The molecule has 6 nitrogen and oxygen atoms in total. The number of nitrogens with one attached hydrogen (secondary N) is 1. The highest BCUT2D eigenvalue weighted by Crippen LogP contribution is 2.58. The lowest BCUT2D eigenvalue weighted by atomic mass is 9.99. The van der Waals surface area contributed by atoms with Crippen LogP contribution in [0.3, 0.4) is 0 Å². The Morgan fingerprint density at radius 2 is 2.11 bits per heavy atom. The van der Waals surface area contributed by atoms with Gasteiger partial charge in [-0.2, -0.15) is 13.2 Å². The summed E-state index contributed by atoms with van der Waals surface area (Å²) in [4.78, 5) is 25.8. The van der Waals surface area contributed by atoms with Gasteiger partial charge in [-0.15, -0.1) is 0 Å². The Kier molecular flexibility index (Phi) is 3.36. The van der Waals surface area contributed by atoms with Gasteiger partial charge >= 0.3 is 6.18 Å². The second-order valence-corrected chi connectivity index (χ2v) is 7.51. The van der Waals surface area contributed by atoms with Crippen LogP contribution in [0.1, 0.15) is 31.7 Å². The molecule has 1 amide bonds. The van der Waals surface area contributed by atoms with Crippen molar-refractivity contribution in [3.05, 3.63) is 24.8 Å². The van der Waals surface area contributed by atoms with Crippen molar-refractivity contribution >= 4 is 28.0 Å². The van der Waals surface area contributed by atoms with E-state index in [1.165, 1.54) is 4.90 Å². The van der Waals surface area contributed by atoms with Gasteiger partial charge in [0.1, 0.15) is 16.6 Å². The van der Waals surface area contributed by atoms with E-state index in [2.05, 4.69) is 15.0 Å². The maximum Gasteiger partial charge on any atom is 0.403 e. The molecule has 1 atom stereocenters. The Hall–Kier alpha value is -2.58. The lowest BCUT2D eigenvalue weighted by molar-refractivity contribution is -0.199. The Morgan fingerprint density at radius 3 is 2.85 bits per heavy atom. The van der Waals surface area contributed by atoms with E-state index < -0.39 is 17.5 Å². The zero-order valence-electron chi connectivity index (χ0n) is 14.5. The third kappa shape index (κ3) is 2.36. The van der Waals surface area contributed by atoms with Gasteiger partial charge in [-0.25, -0.2) is 9.97 Å². The van der Waals surface area contributed by atoms with E-state index in [0.717, 1.165) is 28.5 Å². The maximum absolute atomic E-state index is 13.3. The van der Waals surface area contributed by atoms with Crippen LogP contribution < -0.4 is 0 Å². The molecule has 142 valence electrons. The van der Waals surface area contributed by atoms with Crippen molar-refractivity contribution in [2.45, 2.75) is 37.9 Å². The topological polar surface area (TPSA) is 66.8 Å². The van der Waals surface area contributed by atoms with Crippen LogP contribution in [0.15, 0.2) is 24.8 Å². The highest BCUT2D eigenvalue weighted by atomic mass is 19.4. The number of carbonyl (C=O) groups is 1. The number of nitrogens with zero attached hydrogens (tertiary/aromatic N) is 4. The van der Waals surface area contributed by atoms with Crippen LogP contribution in [-0.2, 0) is 4.79 Å². The summed E-state index contributed by atoms with van der Waals surface area (Å²) in [6.07, 6.45) is 1.98. The first-order valence-corrected chi connectivity index (χ1v) is 9.05. The summed E-state index contributed by atoms with van der Waals surface area (Å²) in [5.41, 5.74) is 0.225. The van der Waals surface area contributed by atoms with E-state index in [0.29, 0.717) is 13.0 Å². The average Bonchev–Trinajstić information content (AvgIpc) is 3.15. The number of piperidine rings is 1. The number of halogens is 3. The molecule has 1 aliphatic heterocycles. The maximum atomic E-state index is 13.3. The van der Waals surface area contributed by atoms with Gasteiger partial charge in [-0.1, -0.05) is 0 Å². The Bertz CT molecular complexity index is 1030. The summed E-state index contributed by atoms with van der Waals surface area (Å²) in [5, 5.41) is 0.919. The summed E-state index contributed by atoms with van der Waals surface area (Å²) in [6.45, 7) is 0.650. The van der Waals surface area contributed by atoms with Crippen LogP contribution >= 0.6 is 0 Å². The van der Waals surface area contributed by atoms with Crippen LogP contribution in [0, 0.1) is 5.41 Å². The number of imidazole rings is 1. The highest BCUT2D eigenvalue weighted by Gasteiger charge is 2.69. The molecule has 1 aliphatic carbocycles. The average molecular weight is 377 g/mol. The van der Waals surface area contributed by atoms with Crippen LogP contribution in [0.25, 0.3) is 22.1 Å². The molecule has 3 aromatic heterocycles. The molecule has 1 N–H and O–H groups in total. The smallest absolute Gasteiger partial charge is 0.346 e. The molecule has 0 spiro atoms. The minimum Gasteiger partial charge on any atom is -0.346 e. The summed E-state index contributed by atoms with van der Waals surface area (Å²) >= 11 is 0. The number of aromatic amines is 1. The lowest BCUT2D eigenvalue weighted by Gasteiger charge is -2.36. The first kappa shape index (κ1) is 16.6. The number of pyridine rings is 1. The Morgan fingerprint density at radius 1 is 1.30 bits per heavy atom. The second kappa shape index (κ2) is 5.46. The third-order valence-electron chi connectivity index (χ3n) is 5.90. The molecule has 1 saturated heterocycles. The number of H-pyrrole nitrogens is 1. The molecule has 0 radical (unpaired) electrons. The van der Waals surface area contributed by atoms with Gasteiger partial charge in [0.15, 0.2) is 0 Å². The highest BCUT2D eigenvalue weighted by molar-refractivity contribution is 6.01. The van der Waals surface area contributed by atoms with E-state index in [1.807, 2.05) is 10.6 Å². The third-order valence-corrected chi connectivity index (χ3v) is 5.90. The van der Waals surface area contributed by atoms with Crippen LogP contribution in [0.4, 0.5) is 13.2 Å². The number of hydrogen-bond acceptors (Lipinski definition) is 3. The predicted octanol–water partition coefficient (Wildman–Crippen LogP) is 3.42. The molecule has 1 saturated carbocycles. The zero-order chi connectivity index (χ0) is 18.8. The van der Waals surface area contributed by atoms with Gasteiger partial charge in [-0.05, 0) is 31.7 Å². The molecule has 9 heteroatoms. The minimum atomic E-state index is -4.47. The number of hydrogen-bond donors (Lipinski definition) is 1. The number of alkyl halides is 3. The van der Waals surface area contributed by atoms with Crippen molar-refractivity contribution in [2.75, 3.05) is 13.1 Å². The van der Waals surface area contributed by atoms with Crippen molar-refractivity contribution in [3.8, 4) is 0 Å². The molecular formula is C18H18F3N5O. The van der Waals surface area contributed by atoms with Crippen LogP contribution in [0.5, 0.6) is 0 Å². The first-order valence-electron chi connectivity index (χ1n) is 9.05. The predicted molar refractivity (Wildman–Crippen MR) is 92.0 cm³/mol. The summed E-state index contributed by atoms with van der Waals surface area (Å²) < 4.78 is 42.0. The Labute approximate surface area is 152 Å². The molecule has 2 aliphatic rings. The molecule has 4 heterocycles. The number of fused-ring (bicyclic) bond motifs is 3. The van der Waals surface area contributed by atoms with Gasteiger partial charge in [0.25, 0.3) is 0 Å². The van der Waals surface area contributed by atoms with Crippen molar-refractivity contribution < 1.29 is 18.0 Å². The fraction of sp³-hybridized carbons (Fsp3) is 0.500. The van der Waals surface area contributed by atoms with Gasteiger partial charge in [-0.3, -0.25) is 4.79 Å².